The van der Waals surface area contributed by atoms with Crippen molar-refractivity contribution in [1.29, 1.82) is 0 Å². The molecular formula is C15H26N2. The van der Waals surface area contributed by atoms with Crippen molar-refractivity contribution < 1.29 is 0 Å². The number of hydrogen-bond donors (Lipinski definition) is 2. The number of allylic oxidation sites excluding steroid dienone is 5. The van der Waals surface area contributed by atoms with Crippen molar-refractivity contribution in [3.05, 3.63) is 36.0 Å². The molecule has 0 radical (unpaired) electrons. The van der Waals surface area contributed by atoms with E-state index in [1.807, 2.05) is 6.92 Å². The van der Waals surface area contributed by atoms with Gasteiger partial charge in [0.1, 0.15) is 0 Å². The van der Waals surface area contributed by atoms with Gasteiger partial charge in [-0.25, -0.2) is 0 Å². The van der Waals surface area contributed by atoms with Gasteiger partial charge >= 0.3 is 0 Å². The first kappa shape index (κ1) is 14.2. The van der Waals surface area contributed by atoms with Crippen molar-refractivity contribution >= 4 is 0 Å². The van der Waals surface area contributed by atoms with E-state index in [0.717, 1.165) is 25.9 Å². The van der Waals surface area contributed by atoms with Gasteiger partial charge in [-0.2, -0.15) is 0 Å². The van der Waals surface area contributed by atoms with Crippen LogP contribution < -0.4 is 10.6 Å². The Balaban J connectivity index is 2.19. The van der Waals surface area contributed by atoms with Gasteiger partial charge in [-0.3, -0.25) is 0 Å². The molecule has 0 aliphatic carbocycles. The zero-order valence-corrected chi connectivity index (χ0v) is 11.2. The lowest BCUT2D eigenvalue weighted by atomic mass is 10.1. The first-order chi connectivity index (χ1) is 8.36. The second kappa shape index (κ2) is 9.20. The highest BCUT2D eigenvalue weighted by molar-refractivity contribution is 5.21. The van der Waals surface area contributed by atoms with Gasteiger partial charge in [0.15, 0.2) is 0 Å². The van der Waals surface area contributed by atoms with Gasteiger partial charge in [-0.05, 0) is 39.3 Å². The summed E-state index contributed by atoms with van der Waals surface area (Å²) < 4.78 is 0. The van der Waals surface area contributed by atoms with E-state index in [2.05, 4.69) is 47.9 Å². The van der Waals surface area contributed by atoms with Crippen LogP contribution in [0.3, 0.4) is 0 Å². The van der Waals surface area contributed by atoms with Crippen molar-refractivity contribution in [3.8, 4) is 0 Å². The molecule has 0 aromatic rings. The van der Waals surface area contributed by atoms with Gasteiger partial charge in [-0.15, -0.1) is 0 Å². The smallest absolute Gasteiger partial charge is 0.0204 e. The predicted molar refractivity (Wildman–Crippen MR) is 76.2 cm³/mol. The van der Waals surface area contributed by atoms with Crippen LogP contribution in [0.5, 0.6) is 0 Å². The van der Waals surface area contributed by atoms with Crippen molar-refractivity contribution in [3.63, 3.8) is 0 Å². The molecule has 1 aliphatic heterocycles. The lowest BCUT2D eigenvalue weighted by molar-refractivity contribution is 0.553. The molecule has 1 saturated heterocycles. The molecule has 1 heterocycles. The third kappa shape index (κ3) is 6.44. The van der Waals surface area contributed by atoms with E-state index in [9.17, 15) is 0 Å². The Morgan fingerprint density at radius 2 is 2.29 bits per heavy atom. The Morgan fingerprint density at radius 3 is 2.94 bits per heavy atom. The Labute approximate surface area is 106 Å². The summed E-state index contributed by atoms with van der Waals surface area (Å²) in [4.78, 5) is 0. The van der Waals surface area contributed by atoms with Crippen LogP contribution in [0.2, 0.25) is 0 Å². The molecule has 2 heteroatoms. The summed E-state index contributed by atoms with van der Waals surface area (Å²) in [6, 6.07) is 0.687. The van der Waals surface area contributed by atoms with Crippen LogP contribution in [-0.4, -0.2) is 25.7 Å². The van der Waals surface area contributed by atoms with Crippen molar-refractivity contribution in [1.82, 2.24) is 10.6 Å². The van der Waals surface area contributed by atoms with Crippen LogP contribution in [0.25, 0.3) is 0 Å². The molecule has 0 saturated carbocycles. The monoisotopic (exact) mass is 234 g/mol. The topological polar surface area (TPSA) is 24.1 Å². The molecule has 1 aliphatic rings. The van der Waals surface area contributed by atoms with Gasteiger partial charge in [0.05, 0.1) is 0 Å². The quantitative estimate of drug-likeness (QED) is 0.523. The van der Waals surface area contributed by atoms with Crippen LogP contribution >= 0.6 is 0 Å². The Hall–Kier alpha value is -0.860. The second-order valence-corrected chi connectivity index (χ2v) is 4.45. The highest BCUT2D eigenvalue weighted by atomic mass is 15.0. The summed E-state index contributed by atoms with van der Waals surface area (Å²) in [6.45, 7) is 7.64. The minimum Gasteiger partial charge on any atom is -0.315 e. The van der Waals surface area contributed by atoms with E-state index in [1.54, 1.807) is 0 Å². The SMILES string of the molecule is C\C=C/C=C\C(=C\CCN[C@@H]1CCNC1)CC. The number of rotatable bonds is 7. The van der Waals surface area contributed by atoms with Crippen molar-refractivity contribution in [2.45, 2.75) is 39.2 Å². The minimum atomic E-state index is 0.687. The molecule has 0 amide bonds. The van der Waals surface area contributed by atoms with E-state index in [1.165, 1.54) is 18.5 Å². The molecule has 0 spiro atoms. The Kier molecular flexibility index (Phi) is 7.69. The van der Waals surface area contributed by atoms with E-state index in [0.29, 0.717) is 6.04 Å². The maximum absolute atomic E-state index is 3.58. The molecule has 0 unspecified atom stereocenters. The number of nitrogens with one attached hydrogen (secondary N) is 2. The third-order valence-corrected chi connectivity index (χ3v) is 3.07. The van der Waals surface area contributed by atoms with Gasteiger partial charge in [0.25, 0.3) is 0 Å². The largest absolute Gasteiger partial charge is 0.315 e. The molecule has 1 rings (SSSR count). The highest BCUT2D eigenvalue weighted by Crippen LogP contribution is 2.04. The summed E-state index contributed by atoms with van der Waals surface area (Å²) in [6.07, 6.45) is 14.3. The van der Waals surface area contributed by atoms with E-state index in [-0.39, 0.29) is 0 Å². The van der Waals surface area contributed by atoms with E-state index >= 15 is 0 Å². The molecule has 96 valence electrons. The zero-order valence-electron chi connectivity index (χ0n) is 11.2. The van der Waals surface area contributed by atoms with Crippen molar-refractivity contribution in [2.24, 2.45) is 0 Å². The number of hydrogen-bond acceptors (Lipinski definition) is 2. The molecular weight excluding hydrogens is 208 g/mol. The maximum atomic E-state index is 3.58. The minimum absolute atomic E-state index is 0.687. The Bertz CT molecular complexity index is 271. The van der Waals surface area contributed by atoms with Gasteiger partial charge in [-0.1, -0.05) is 42.9 Å². The first-order valence-electron chi connectivity index (χ1n) is 6.79. The van der Waals surface area contributed by atoms with Crippen LogP contribution in [-0.2, 0) is 0 Å². The molecule has 17 heavy (non-hydrogen) atoms. The molecule has 1 atom stereocenters. The molecule has 0 aromatic carbocycles. The summed E-state index contributed by atoms with van der Waals surface area (Å²) in [5.74, 6) is 0. The van der Waals surface area contributed by atoms with Crippen LogP contribution in [0.15, 0.2) is 36.0 Å². The molecule has 0 aromatic heterocycles. The van der Waals surface area contributed by atoms with Gasteiger partial charge in [0, 0.05) is 12.6 Å². The fourth-order valence-corrected chi connectivity index (χ4v) is 1.99. The Morgan fingerprint density at radius 1 is 1.41 bits per heavy atom. The summed E-state index contributed by atoms with van der Waals surface area (Å²) in [5.41, 5.74) is 1.43. The summed E-state index contributed by atoms with van der Waals surface area (Å²) in [7, 11) is 0. The van der Waals surface area contributed by atoms with Crippen LogP contribution in [0.1, 0.15) is 33.1 Å². The van der Waals surface area contributed by atoms with E-state index in [4.69, 9.17) is 0 Å². The fraction of sp³-hybridized carbons (Fsp3) is 0.600. The van der Waals surface area contributed by atoms with Crippen LogP contribution in [0.4, 0.5) is 0 Å². The maximum Gasteiger partial charge on any atom is 0.0204 e. The highest BCUT2D eigenvalue weighted by Gasteiger charge is 2.11. The fourth-order valence-electron chi connectivity index (χ4n) is 1.99. The van der Waals surface area contributed by atoms with Crippen molar-refractivity contribution in [2.75, 3.05) is 19.6 Å². The third-order valence-electron chi connectivity index (χ3n) is 3.07. The molecule has 2 nitrogen and oxygen atoms in total. The normalized spacial score (nSPS) is 22.0. The average Bonchev–Trinajstić information content (AvgIpc) is 2.85. The van der Waals surface area contributed by atoms with Gasteiger partial charge < -0.3 is 10.6 Å². The van der Waals surface area contributed by atoms with Gasteiger partial charge in [0.2, 0.25) is 0 Å². The summed E-state index contributed by atoms with van der Waals surface area (Å²) in [5, 5.41) is 6.95. The zero-order chi connectivity index (χ0) is 12.3. The van der Waals surface area contributed by atoms with E-state index < -0.39 is 0 Å². The lowest BCUT2D eigenvalue weighted by Crippen LogP contribution is -2.31. The molecule has 0 bridgehead atoms. The average molecular weight is 234 g/mol. The molecule has 1 fully saturated rings. The first-order valence-corrected chi connectivity index (χ1v) is 6.79. The second-order valence-electron chi connectivity index (χ2n) is 4.45. The standard InChI is InChI=1S/C15H26N2/c1-3-5-6-8-14(4-2)9-7-11-17-15-10-12-16-13-15/h3,5-6,8-9,15-17H,4,7,10-13H2,1-2H3/b5-3-,8-6-,14-9+/t15-/m1/s1. The molecule has 2 N–H and O–H groups in total. The predicted octanol–water partition coefficient (Wildman–Crippen LogP) is 2.80. The summed E-state index contributed by atoms with van der Waals surface area (Å²) >= 11 is 0. The lowest BCUT2D eigenvalue weighted by Gasteiger charge is -2.09. The van der Waals surface area contributed by atoms with Crippen LogP contribution in [0, 0.1) is 0 Å².